The van der Waals surface area contributed by atoms with Gasteiger partial charge in [0.1, 0.15) is 17.8 Å². The predicted octanol–water partition coefficient (Wildman–Crippen LogP) is 4.13. The Balaban J connectivity index is 1.51. The third kappa shape index (κ3) is 4.15. The molecule has 0 spiro atoms. The van der Waals surface area contributed by atoms with Gasteiger partial charge in [-0.05, 0) is 31.3 Å². The Kier molecular flexibility index (Phi) is 5.44. The van der Waals surface area contributed by atoms with Gasteiger partial charge in [-0.1, -0.05) is 19.0 Å². The van der Waals surface area contributed by atoms with Gasteiger partial charge in [-0.3, -0.25) is 9.88 Å². The number of hydrogen-bond donors (Lipinski definition) is 2. The lowest BCUT2D eigenvalue weighted by Crippen LogP contribution is -2.18. The molecule has 0 unspecified atom stereocenters. The maximum absolute atomic E-state index is 12.7. The molecule has 0 radical (unpaired) electrons. The smallest absolute Gasteiger partial charge is 0.331 e. The van der Waals surface area contributed by atoms with Crippen LogP contribution in [0, 0.1) is 0 Å². The number of anilines is 1. The van der Waals surface area contributed by atoms with Crippen molar-refractivity contribution < 1.29 is 14.1 Å². The van der Waals surface area contributed by atoms with Crippen LogP contribution in [-0.4, -0.2) is 32.8 Å². The average molecular weight is 406 g/mol. The summed E-state index contributed by atoms with van der Waals surface area (Å²) in [7, 11) is 1.85. The van der Waals surface area contributed by atoms with E-state index in [1.54, 1.807) is 24.4 Å². The molecule has 3 aromatic heterocycles. The Morgan fingerprint density at radius 2 is 2.07 bits per heavy atom. The van der Waals surface area contributed by atoms with Crippen LogP contribution in [0.4, 0.5) is 10.6 Å². The zero-order chi connectivity index (χ0) is 21.1. The number of nitrogens with zero attached hydrogens (tertiary/aromatic N) is 4. The highest BCUT2D eigenvalue weighted by Gasteiger charge is 2.14. The molecule has 0 aliphatic rings. The lowest BCUT2D eigenvalue weighted by atomic mass is 10.2. The van der Waals surface area contributed by atoms with Crippen molar-refractivity contribution in [3.63, 3.8) is 0 Å². The molecule has 0 bridgehead atoms. The molecule has 0 aliphatic heterocycles. The highest BCUT2D eigenvalue weighted by atomic mass is 16.5. The number of nitrogens with one attached hydrogen (secondary N) is 2. The monoisotopic (exact) mass is 406 g/mol. The van der Waals surface area contributed by atoms with Gasteiger partial charge in [0.15, 0.2) is 5.82 Å². The third-order valence-electron chi connectivity index (χ3n) is 4.49. The molecule has 2 N–H and O–H groups in total. The number of rotatable bonds is 6. The van der Waals surface area contributed by atoms with E-state index in [0.717, 1.165) is 16.6 Å². The van der Waals surface area contributed by atoms with Crippen molar-refractivity contribution in [3.05, 3.63) is 60.4 Å². The van der Waals surface area contributed by atoms with E-state index in [4.69, 9.17) is 9.26 Å². The zero-order valence-corrected chi connectivity index (χ0v) is 16.9. The van der Waals surface area contributed by atoms with Crippen LogP contribution in [0.5, 0.6) is 11.6 Å². The number of benzene rings is 1. The molecule has 1 amide bonds. The summed E-state index contributed by atoms with van der Waals surface area (Å²) in [4.78, 5) is 21.0. The van der Waals surface area contributed by atoms with E-state index in [9.17, 15) is 4.79 Å². The van der Waals surface area contributed by atoms with Crippen molar-refractivity contribution in [1.29, 1.82) is 0 Å². The number of amides is 1. The molecule has 0 aliphatic carbocycles. The zero-order valence-electron chi connectivity index (χ0n) is 16.9. The molecule has 30 heavy (non-hydrogen) atoms. The second kappa shape index (κ2) is 8.34. The van der Waals surface area contributed by atoms with E-state index in [2.05, 4.69) is 25.8 Å². The van der Waals surface area contributed by atoms with Gasteiger partial charge in [0, 0.05) is 36.2 Å². The molecule has 3 heterocycles. The fourth-order valence-electron chi connectivity index (χ4n) is 2.98. The van der Waals surface area contributed by atoms with Gasteiger partial charge in [0.25, 0.3) is 0 Å². The average Bonchev–Trinajstić information content (AvgIpc) is 3.35. The highest BCUT2D eigenvalue weighted by molar-refractivity contribution is 5.98. The Bertz CT molecular complexity index is 1180. The predicted molar refractivity (Wildman–Crippen MR) is 112 cm³/mol. The Morgan fingerprint density at radius 3 is 2.83 bits per heavy atom. The van der Waals surface area contributed by atoms with Crippen LogP contribution < -0.4 is 15.4 Å². The lowest BCUT2D eigenvalue weighted by molar-refractivity contribution is 0.254. The first-order valence-corrected chi connectivity index (χ1v) is 9.56. The highest BCUT2D eigenvalue weighted by Crippen LogP contribution is 2.26. The van der Waals surface area contributed by atoms with Crippen molar-refractivity contribution in [2.24, 2.45) is 0 Å². The van der Waals surface area contributed by atoms with E-state index >= 15 is 0 Å². The summed E-state index contributed by atoms with van der Waals surface area (Å²) in [6.07, 6.45) is 3.17. The first kappa shape index (κ1) is 19.6. The van der Waals surface area contributed by atoms with Gasteiger partial charge >= 0.3 is 6.03 Å². The molecule has 0 saturated carbocycles. The van der Waals surface area contributed by atoms with Gasteiger partial charge in [-0.25, -0.2) is 14.8 Å². The molecule has 0 saturated heterocycles. The summed E-state index contributed by atoms with van der Waals surface area (Å²) in [5.41, 5.74) is 1.57. The third-order valence-corrected chi connectivity index (χ3v) is 4.49. The Morgan fingerprint density at radius 1 is 1.20 bits per heavy atom. The van der Waals surface area contributed by atoms with Crippen LogP contribution in [0.25, 0.3) is 10.9 Å². The van der Waals surface area contributed by atoms with E-state index in [1.165, 1.54) is 10.9 Å². The van der Waals surface area contributed by atoms with Crippen LogP contribution in [0.2, 0.25) is 0 Å². The number of carbonyl (C=O) groups is 1. The van der Waals surface area contributed by atoms with Crippen molar-refractivity contribution in [3.8, 4) is 11.6 Å². The summed E-state index contributed by atoms with van der Waals surface area (Å²) < 4.78 is 12.6. The van der Waals surface area contributed by atoms with Gasteiger partial charge in [-0.15, -0.1) is 0 Å². The number of ether oxygens (including phenoxy) is 1. The molecular formula is C21H22N6O3. The molecule has 154 valence electrons. The van der Waals surface area contributed by atoms with E-state index in [-0.39, 0.29) is 11.9 Å². The largest absolute Gasteiger partial charge is 0.439 e. The number of aromatic nitrogens is 4. The minimum Gasteiger partial charge on any atom is -0.439 e. The summed E-state index contributed by atoms with van der Waals surface area (Å²) in [6, 6.07) is 10.5. The van der Waals surface area contributed by atoms with Crippen LogP contribution in [0.15, 0.2) is 53.4 Å². The van der Waals surface area contributed by atoms with Gasteiger partial charge in [-0.2, -0.15) is 0 Å². The normalized spacial score (nSPS) is 11.2. The van der Waals surface area contributed by atoms with E-state index < -0.39 is 0 Å². The van der Waals surface area contributed by atoms with Crippen molar-refractivity contribution >= 4 is 22.8 Å². The van der Waals surface area contributed by atoms with Gasteiger partial charge in [0.2, 0.25) is 5.88 Å². The fourth-order valence-corrected chi connectivity index (χ4v) is 2.98. The maximum atomic E-state index is 12.7. The molecule has 4 aromatic rings. The minimum atomic E-state index is -0.324. The minimum absolute atomic E-state index is 0.193. The molecule has 0 fully saturated rings. The maximum Gasteiger partial charge on any atom is 0.331 e. The van der Waals surface area contributed by atoms with Crippen LogP contribution in [-0.2, 0) is 6.54 Å². The summed E-state index contributed by atoms with van der Waals surface area (Å²) in [6.45, 7) is 4.61. The number of carbonyl (C=O) groups excluding carboxylic acids is 1. The molecule has 4 rings (SSSR count). The second-order valence-corrected chi connectivity index (χ2v) is 7.09. The van der Waals surface area contributed by atoms with Crippen molar-refractivity contribution in [2.45, 2.75) is 26.3 Å². The molecule has 9 nitrogen and oxygen atoms in total. The standard InChI is InChI=1S/C21H22N6O3/c1-13(2)18-10-19(26-30-18)25-21(28)27-7-6-14-8-16(4-5-17(14)27)29-20-9-15(11-22-3)23-12-24-20/h4-10,12-13,22H,11H2,1-3H3,(H,25,26,28). The van der Waals surface area contributed by atoms with E-state index in [0.29, 0.717) is 29.8 Å². The van der Waals surface area contributed by atoms with Crippen LogP contribution in [0.1, 0.15) is 31.2 Å². The Labute approximate surface area is 173 Å². The second-order valence-electron chi connectivity index (χ2n) is 7.09. The number of fused-ring (bicyclic) bond motifs is 1. The summed E-state index contributed by atoms with van der Waals surface area (Å²) in [5, 5.41) is 10.5. The SMILES string of the molecule is CNCc1cc(Oc2ccc3c(ccn3C(=O)Nc3cc(C(C)C)on3)c2)ncn1. The quantitative estimate of drug-likeness (QED) is 0.496. The lowest BCUT2D eigenvalue weighted by Gasteiger charge is -2.07. The van der Waals surface area contributed by atoms with E-state index in [1.807, 2.05) is 39.1 Å². The van der Waals surface area contributed by atoms with Crippen molar-refractivity contribution in [2.75, 3.05) is 12.4 Å². The summed E-state index contributed by atoms with van der Waals surface area (Å²) >= 11 is 0. The molecular weight excluding hydrogens is 384 g/mol. The Hall–Kier alpha value is -3.72. The number of hydrogen-bond acceptors (Lipinski definition) is 7. The first-order valence-electron chi connectivity index (χ1n) is 9.56. The van der Waals surface area contributed by atoms with Crippen LogP contribution >= 0.6 is 0 Å². The van der Waals surface area contributed by atoms with Gasteiger partial charge in [0.05, 0.1) is 11.2 Å². The topological polar surface area (TPSA) is 107 Å². The fraction of sp³-hybridized carbons (Fsp3) is 0.238. The van der Waals surface area contributed by atoms with Crippen LogP contribution in [0.3, 0.4) is 0 Å². The molecule has 0 atom stereocenters. The van der Waals surface area contributed by atoms with Crippen molar-refractivity contribution in [1.82, 2.24) is 25.0 Å². The first-order chi connectivity index (χ1) is 14.5. The molecule has 1 aromatic carbocycles. The van der Waals surface area contributed by atoms with Gasteiger partial charge < -0.3 is 14.6 Å². The summed E-state index contributed by atoms with van der Waals surface area (Å²) in [5.74, 6) is 2.36. The molecule has 9 heteroatoms.